The molecule has 15 heteroatoms. The van der Waals surface area contributed by atoms with Crippen molar-refractivity contribution in [1.82, 2.24) is 30.0 Å². The molecule has 0 radical (unpaired) electrons. The summed E-state index contributed by atoms with van der Waals surface area (Å²) in [4.78, 5) is 64.3. The molecule has 1 spiro atoms. The van der Waals surface area contributed by atoms with Crippen LogP contribution in [0.4, 0.5) is 21.7 Å². The number of nitrogens with zero attached hydrogens (tertiary/aromatic N) is 6. The number of carbonyl (C=O) groups is 4. The van der Waals surface area contributed by atoms with Crippen LogP contribution in [-0.2, 0) is 16.1 Å². The van der Waals surface area contributed by atoms with Crippen molar-refractivity contribution in [1.29, 1.82) is 0 Å². The van der Waals surface area contributed by atoms with Crippen LogP contribution in [0.1, 0.15) is 95.2 Å². The highest BCUT2D eigenvalue weighted by Crippen LogP contribution is 2.41. The first kappa shape index (κ1) is 42.3. The lowest BCUT2D eigenvalue weighted by Gasteiger charge is -2.56. The van der Waals surface area contributed by atoms with Crippen molar-refractivity contribution in [3.8, 4) is 0 Å². The zero-order chi connectivity index (χ0) is 43.1. The number of fused-ring (bicyclic) bond motifs is 2. The number of aromatic nitrogens is 2. The van der Waals surface area contributed by atoms with Crippen LogP contribution in [0.25, 0.3) is 11.0 Å². The number of piperidine rings is 1. The number of halogens is 2. The fourth-order valence-corrected chi connectivity index (χ4v) is 10.4. The maximum absolute atomic E-state index is 14.6. The normalized spacial score (nSPS) is 19.9. The Labute approximate surface area is 367 Å². The molecule has 0 bridgehead atoms. The molecule has 4 saturated heterocycles. The fourth-order valence-electron chi connectivity index (χ4n) is 10.2. The van der Waals surface area contributed by atoms with E-state index in [9.17, 15) is 23.6 Å². The van der Waals surface area contributed by atoms with E-state index in [1.54, 1.807) is 18.2 Å². The molecule has 4 fully saturated rings. The monoisotopic (exact) mass is 865 g/mol. The highest BCUT2D eigenvalue weighted by molar-refractivity contribution is 6.32. The number of unbranched alkanes of at least 4 members (excludes halogenated alkanes) is 6. The van der Waals surface area contributed by atoms with Crippen LogP contribution in [0, 0.1) is 25.1 Å². The zero-order valence-electron chi connectivity index (χ0n) is 35.8. The predicted molar refractivity (Wildman–Crippen MR) is 240 cm³/mol. The molecule has 3 aromatic carbocycles. The van der Waals surface area contributed by atoms with Crippen LogP contribution in [-0.4, -0.2) is 114 Å². The maximum Gasteiger partial charge on any atom is 0.264 e. The summed E-state index contributed by atoms with van der Waals surface area (Å²) in [7, 11) is 0. The van der Waals surface area contributed by atoms with Crippen molar-refractivity contribution in [3.05, 3.63) is 81.1 Å². The predicted octanol–water partition coefficient (Wildman–Crippen LogP) is 6.27. The van der Waals surface area contributed by atoms with Gasteiger partial charge in [0.05, 0.1) is 28.9 Å². The standard InChI is InChI=1S/C47H57ClFN9O4/c1-30-21-32(22-31(2)41(30)49)25-57-38-24-33(48)23-37(42(38)53-46(57)56-28-47(29-56)26-50-27-47)55-19-17-54(18-20-55)16-9-7-5-3-4-6-8-15-51-35-12-10-11-34-40(35)45(62)58(44(34)61)36-13-14-39(59)52-43(36)60/h10-12,21-24,36,50-51H,3-9,13-20,25-29H2,1-2H3,(H,52,59,60). The Morgan fingerprint density at radius 2 is 1.58 bits per heavy atom. The molecular weight excluding hydrogens is 809 g/mol. The average molecular weight is 866 g/mol. The average Bonchev–Trinajstić information content (AvgIpc) is 3.69. The number of rotatable bonds is 16. The lowest BCUT2D eigenvalue weighted by molar-refractivity contribution is -0.136. The topological polar surface area (TPSA) is 135 Å². The molecule has 328 valence electrons. The van der Waals surface area contributed by atoms with Crippen LogP contribution >= 0.6 is 11.6 Å². The van der Waals surface area contributed by atoms with Gasteiger partial charge in [-0.1, -0.05) is 61.9 Å². The molecule has 4 amide bonds. The Hall–Kier alpha value is -5.05. The second kappa shape index (κ2) is 17.6. The van der Waals surface area contributed by atoms with E-state index in [0.29, 0.717) is 51.5 Å². The third-order valence-electron chi connectivity index (χ3n) is 13.6. The zero-order valence-corrected chi connectivity index (χ0v) is 36.6. The number of imide groups is 2. The van der Waals surface area contributed by atoms with Gasteiger partial charge in [0.15, 0.2) is 0 Å². The number of amides is 4. The Morgan fingerprint density at radius 3 is 2.27 bits per heavy atom. The van der Waals surface area contributed by atoms with Crippen molar-refractivity contribution in [2.75, 3.05) is 80.6 Å². The van der Waals surface area contributed by atoms with Crippen LogP contribution in [0.15, 0.2) is 42.5 Å². The van der Waals surface area contributed by atoms with Gasteiger partial charge in [0, 0.05) is 81.4 Å². The minimum Gasteiger partial charge on any atom is -0.384 e. The first-order valence-electron chi connectivity index (χ1n) is 22.5. The second-order valence-electron chi connectivity index (χ2n) is 18.2. The lowest BCUT2D eigenvalue weighted by Crippen LogP contribution is -2.71. The van der Waals surface area contributed by atoms with E-state index in [4.69, 9.17) is 16.6 Å². The number of imidazole rings is 1. The molecule has 0 saturated carbocycles. The van der Waals surface area contributed by atoms with Crippen LogP contribution < -0.4 is 25.8 Å². The van der Waals surface area contributed by atoms with Gasteiger partial charge in [-0.2, -0.15) is 0 Å². The van der Waals surface area contributed by atoms with E-state index < -0.39 is 23.8 Å². The quantitative estimate of drug-likeness (QED) is 0.0875. The van der Waals surface area contributed by atoms with Crippen LogP contribution in [0.5, 0.6) is 0 Å². The van der Waals surface area contributed by atoms with E-state index in [2.05, 4.69) is 41.3 Å². The number of hydrogen-bond acceptors (Lipinski definition) is 10. The molecule has 0 aliphatic carbocycles. The van der Waals surface area contributed by atoms with Crippen molar-refractivity contribution < 1.29 is 23.6 Å². The minimum atomic E-state index is -0.972. The number of benzene rings is 3. The molecule has 3 N–H and O–H groups in total. The van der Waals surface area contributed by atoms with Crippen molar-refractivity contribution in [2.24, 2.45) is 5.41 Å². The van der Waals surface area contributed by atoms with Crippen molar-refractivity contribution in [2.45, 2.75) is 84.2 Å². The molecule has 6 heterocycles. The number of anilines is 3. The van der Waals surface area contributed by atoms with Crippen molar-refractivity contribution >= 4 is 63.6 Å². The summed E-state index contributed by atoms with van der Waals surface area (Å²) < 4.78 is 16.9. The van der Waals surface area contributed by atoms with Gasteiger partial charge in [0.25, 0.3) is 11.8 Å². The first-order chi connectivity index (χ1) is 30.0. The molecule has 1 atom stereocenters. The first-order valence-corrected chi connectivity index (χ1v) is 22.8. The summed E-state index contributed by atoms with van der Waals surface area (Å²) in [5.74, 6) is -1.16. The van der Waals surface area contributed by atoms with E-state index >= 15 is 0 Å². The lowest BCUT2D eigenvalue weighted by atomic mass is 9.75. The van der Waals surface area contributed by atoms with Gasteiger partial charge < -0.3 is 25.0 Å². The number of hydrogen-bond donors (Lipinski definition) is 3. The second-order valence-corrected chi connectivity index (χ2v) is 18.6. The molecule has 1 aromatic heterocycles. The van der Waals surface area contributed by atoms with E-state index in [0.717, 1.165) is 111 Å². The van der Waals surface area contributed by atoms with E-state index in [1.807, 2.05) is 32.0 Å². The van der Waals surface area contributed by atoms with Gasteiger partial charge in [-0.15, -0.1) is 0 Å². The molecule has 13 nitrogen and oxygen atoms in total. The van der Waals surface area contributed by atoms with Gasteiger partial charge in [0.1, 0.15) is 17.4 Å². The highest BCUT2D eigenvalue weighted by Gasteiger charge is 2.49. The van der Waals surface area contributed by atoms with Crippen molar-refractivity contribution in [3.63, 3.8) is 0 Å². The van der Waals surface area contributed by atoms with Crippen LogP contribution in [0.3, 0.4) is 0 Å². The summed E-state index contributed by atoms with van der Waals surface area (Å²) >= 11 is 6.87. The smallest absolute Gasteiger partial charge is 0.264 e. The molecule has 62 heavy (non-hydrogen) atoms. The van der Waals surface area contributed by atoms with E-state index in [-0.39, 0.29) is 24.6 Å². The molecule has 9 rings (SSSR count). The van der Waals surface area contributed by atoms with Gasteiger partial charge in [-0.25, -0.2) is 9.37 Å². The Balaban J connectivity index is 0.719. The minimum absolute atomic E-state index is 0.0950. The van der Waals surface area contributed by atoms with Gasteiger partial charge in [-0.3, -0.25) is 34.3 Å². The Morgan fingerprint density at radius 1 is 0.871 bits per heavy atom. The highest BCUT2D eigenvalue weighted by atomic mass is 35.5. The number of piperazine rings is 1. The molecule has 4 aromatic rings. The fraction of sp³-hybridized carbons (Fsp3) is 0.511. The van der Waals surface area contributed by atoms with E-state index in [1.165, 1.54) is 25.7 Å². The van der Waals surface area contributed by atoms with Gasteiger partial charge >= 0.3 is 0 Å². The number of nitrogens with one attached hydrogen (secondary N) is 3. The van der Waals surface area contributed by atoms with Crippen LogP contribution in [0.2, 0.25) is 5.02 Å². The summed E-state index contributed by atoms with van der Waals surface area (Å²) in [5.41, 5.74) is 6.99. The Kier molecular flexibility index (Phi) is 12.0. The molecule has 5 aliphatic rings. The molecular formula is C47H57ClFN9O4. The summed E-state index contributed by atoms with van der Waals surface area (Å²) in [6.45, 7) is 13.9. The molecule has 1 unspecified atom stereocenters. The van der Waals surface area contributed by atoms with Gasteiger partial charge in [0.2, 0.25) is 17.8 Å². The number of aryl methyl sites for hydroxylation is 2. The van der Waals surface area contributed by atoms with Gasteiger partial charge in [-0.05, 0) is 80.6 Å². The maximum atomic E-state index is 14.6. The summed E-state index contributed by atoms with van der Waals surface area (Å²) in [6.07, 6.45) is 8.13. The summed E-state index contributed by atoms with van der Waals surface area (Å²) in [6, 6.07) is 12.2. The SMILES string of the molecule is Cc1cc(Cn2c(N3CC4(CNC4)C3)nc3c(N4CCN(CCCCCCCCCNc5cccc6c5C(=O)N(C5CCC(=O)NC5=O)C6=O)CC4)cc(Cl)cc32)cc(C)c1F. The Bertz CT molecular complexity index is 2380. The number of carbonyl (C=O) groups excluding carboxylic acids is 4. The third-order valence-corrected chi connectivity index (χ3v) is 13.8. The largest absolute Gasteiger partial charge is 0.384 e. The third kappa shape index (κ3) is 8.28. The summed E-state index contributed by atoms with van der Waals surface area (Å²) in [5, 5.41) is 9.74. The molecule has 5 aliphatic heterocycles.